The van der Waals surface area contributed by atoms with E-state index in [1.165, 1.54) is 10.6 Å². The molecule has 18 heavy (non-hydrogen) atoms. The first-order chi connectivity index (χ1) is 8.81. The number of nitrogens with zero attached hydrogens (tertiary/aromatic N) is 2. The van der Waals surface area contributed by atoms with Gasteiger partial charge in [-0.25, -0.2) is 0 Å². The van der Waals surface area contributed by atoms with Gasteiger partial charge in [-0.1, -0.05) is 17.4 Å². The van der Waals surface area contributed by atoms with Crippen LogP contribution < -0.4 is 4.57 Å². The summed E-state index contributed by atoms with van der Waals surface area (Å²) in [6, 6.07) is 5.92. The van der Waals surface area contributed by atoms with E-state index in [0.29, 0.717) is 13.1 Å². The molecule has 0 saturated heterocycles. The van der Waals surface area contributed by atoms with Gasteiger partial charge in [0.1, 0.15) is 5.69 Å². The number of thiazole rings is 1. The maximum atomic E-state index is 10.1. The van der Waals surface area contributed by atoms with Crippen LogP contribution in [0.4, 0.5) is 0 Å². The molecule has 94 valence electrons. The van der Waals surface area contributed by atoms with E-state index in [0.717, 1.165) is 18.7 Å². The number of ether oxygens (including phenoxy) is 1. The highest BCUT2D eigenvalue weighted by Gasteiger charge is 2.15. The average Bonchev–Trinajstić information content (AvgIpc) is 2.73. The van der Waals surface area contributed by atoms with E-state index in [-0.39, 0.29) is 0 Å². The Bertz CT molecular complexity index is 511. The molecule has 0 radical (unpaired) electrons. The van der Waals surface area contributed by atoms with Crippen molar-refractivity contribution in [3.63, 3.8) is 0 Å². The summed E-state index contributed by atoms with van der Waals surface area (Å²) in [4.78, 5) is 15.7. The molecule has 0 amide bonds. The third-order valence-corrected chi connectivity index (χ3v) is 3.87. The summed E-state index contributed by atoms with van der Waals surface area (Å²) in [5.41, 5.74) is 4.33. The van der Waals surface area contributed by atoms with Crippen LogP contribution in [0.1, 0.15) is 16.3 Å². The number of rotatable bonds is 6. The molecule has 2 aromatic rings. The van der Waals surface area contributed by atoms with Gasteiger partial charge in [-0.3, -0.25) is 9.78 Å². The fourth-order valence-electron chi connectivity index (χ4n) is 1.71. The molecule has 0 aliphatic rings. The zero-order valence-corrected chi connectivity index (χ0v) is 11.0. The Morgan fingerprint density at radius 1 is 1.50 bits per heavy atom. The number of hydrogen-bond donors (Lipinski definition) is 0. The highest BCUT2D eigenvalue weighted by atomic mass is 32.1. The number of carbonyl (C=O) groups is 1. The van der Waals surface area contributed by atoms with Crippen LogP contribution in [0.5, 0.6) is 0 Å². The van der Waals surface area contributed by atoms with Crippen molar-refractivity contribution in [1.29, 1.82) is 0 Å². The minimum Gasteiger partial charge on any atom is -0.468 e. The van der Waals surface area contributed by atoms with Crippen molar-refractivity contribution >= 4 is 17.8 Å². The summed E-state index contributed by atoms with van der Waals surface area (Å²) in [6.45, 7) is 3.78. The lowest BCUT2D eigenvalue weighted by Crippen LogP contribution is -2.35. The molecule has 0 saturated carbocycles. The summed E-state index contributed by atoms with van der Waals surface area (Å²) in [7, 11) is 0. The molecule has 0 aromatic carbocycles. The van der Waals surface area contributed by atoms with Crippen LogP contribution in [0.2, 0.25) is 0 Å². The Balaban J connectivity index is 2.04. The smallest absolute Gasteiger partial charge is 0.293 e. The molecule has 4 nitrogen and oxygen atoms in total. The predicted molar refractivity (Wildman–Crippen MR) is 68.3 cm³/mol. The van der Waals surface area contributed by atoms with Gasteiger partial charge < -0.3 is 4.74 Å². The van der Waals surface area contributed by atoms with Crippen molar-refractivity contribution in [3.8, 4) is 0 Å². The molecule has 2 heterocycles. The summed E-state index contributed by atoms with van der Waals surface area (Å²) in [5, 5.41) is 0. The van der Waals surface area contributed by atoms with Crippen LogP contribution in [0.25, 0.3) is 0 Å². The van der Waals surface area contributed by atoms with Crippen molar-refractivity contribution in [2.24, 2.45) is 0 Å². The molecule has 2 aromatic heterocycles. The fourth-order valence-corrected chi connectivity index (χ4v) is 2.69. The van der Waals surface area contributed by atoms with E-state index < -0.39 is 0 Å². The molecular formula is C13H15N2O2S+. The topological polar surface area (TPSA) is 43.1 Å². The molecule has 0 bridgehead atoms. The molecule has 0 aliphatic heterocycles. The molecular weight excluding hydrogens is 248 g/mol. The van der Waals surface area contributed by atoms with Crippen LogP contribution in [0, 0.1) is 6.92 Å². The van der Waals surface area contributed by atoms with Gasteiger partial charge in [-0.05, 0) is 12.1 Å². The Kier molecular flexibility index (Phi) is 4.41. The molecule has 0 spiro atoms. The maximum absolute atomic E-state index is 10.1. The van der Waals surface area contributed by atoms with E-state index in [1.54, 1.807) is 17.5 Å². The van der Waals surface area contributed by atoms with Gasteiger partial charge in [0, 0.05) is 19.5 Å². The minimum absolute atomic E-state index is 0.439. The molecule has 0 unspecified atom stereocenters. The summed E-state index contributed by atoms with van der Waals surface area (Å²) >= 11 is 1.69. The number of pyridine rings is 1. The number of hydrogen-bond acceptors (Lipinski definition) is 4. The van der Waals surface area contributed by atoms with E-state index in [1.807, 2.05) is 18.2 Å². The van der Waals surface area contributed by atoms with E-state index in [4.69, 9.17) is 4.74 Å². The van der Waals surface area contributed by atoms with Gasteiger partial charge in [-0.15, -0.1) is 0 Å². The van der Waals surface area contributed by atoms with Gasteiger partial charge in [0.2, 0.25) is 5.51 Å². The summed E-state index contributed by atoms with van der Waals surface area (Å²) in [6.07, 6.45) is 2.57. The second kappa shape index (κ2) is 6.26. The third kappa shape index (κ3) is 3.13. The highest BCUT2D eigenvalue weighted by molar-refractivity contribution is 7.09. The lowest BCUT2D eigenvalue weighted by Gasteiger charge is -1.97. The third-order valence-electron chi connectivity index (χ3n) is 2.73. The van der Waals surface area contributed by atoms with Crippen molar-refractivity contribution in [1.82, 2.24) is 4.98 Å². The van der Waals surface area contributed by atoms with E-state index in [9.17, 15) is 4.79 Å². The quantitative estimate of drug-likeness (QED) is 0.451. The predicted octanol–water partition coefficient (Wildman–Crippen LogP) is 1.50. The van der Waals surface area contributed by atoms with Gasteiger partial charge >= 0.3 is 0 Å². The minimum atomic E-state index is 0.439. The first-order valence-electron chi connectivity index (χ1n) is 5.73. The highest BCUT2D eigenvalue weighted by Crippen LogP contribution is 2.12. The van der Waals surface area contributed by atoms with Crippen LogP contribution in [-0.2, 0) is 22.5 Å². The Morgan fingerprint density at radius 2 is 2.39 bits per heavy atom. The zero-order chi connectivity index (χ0) is 12.8. The van der Waals surface area contributed by atoms with Crippen molar-refractivity contribution in [2.75, 3.05) is 6.61 Å². The second-order valence-electron chi connectivity index (χ2n) is 3.90. The molecule has 0 atom stereocenters. The molecule has 2 rings (SSSR count). The van der Waals surface area contributed by atoms with Crippen molar-refractivity contribution in [2.45, 2.75) is 19.9 Å². The van der Waals surface area contributed by atoms with Gasteiger partial charge in [-0.2, -0.15) is 4.57 Å². The monoisotopic (exact) mass is 263 g/mol. The average molecular weight is 263 g/mol. The van der Waals surface area contributed by atoms with Gasteiger partial charge in [0.25, 0.3) is 6.47 Å². The zero-order valence-electron chi connectivity index (χ0n) is 10.2. The Labute approximate surface area is 110 Å². The summed E-state index contributed by atoms with van der Waals surface area (Å²) < 4.78 is 6.89. The number of aromatic nitrogens is 2. The SMILES string of the molecule is Cc1c(CCOC=O)sc[n+]1Cc1ccccn1. The van der Waals surface area contributed by atoms with Crippen molar-refractivity contribution in [3.05, 3.63) is 46.2 Å². The number of carbonyl (C=O) groups excluding carboxylic acids is 1. The first kappa shape index (κ1) is 12.7. The van der Waals surface area contributed by atoms with Crippen LogP contribution >= 0.6 is 11.3 Å². The lowest BCUT2D eigenvalue weighted by molar-refractivity contribution is -0.690. The van der Waals surface area contributed by atoms with Crippen LogP contribution in [0.15, 0.2) is 29.9 Å². The standard InChI is InChI=1S/C13H15N2O2S/c1-11-13(5-7-17-10-16)18-9-15(11)8-12-4-2-3-6-14-12/h2-4,6,9-10H,5,7-8H2,1H3/q+1. The van der Waals surface area contributed by atoms with E-state index in [2.05, 4.69) is 22.0 Å². The van der Waals surface area contributed by atoms with Gasteiger partial charge in [0.05, 0.1) is 11.5 Å². The largest absolute Gasteiger partial charge is 0.468 e. The summed E-state index contributed by atoms with van der Waals surface area (Å²) in [5.74, 6) is 0. The van der Waals surface area contributed by atoms with E-state index >= 15 is 0 Å². The lowest BCUT2D eigenvalue weighted by atomic mass is 10.3. The molecule has 5 heteroatoms. The Morgan fingerprint density at radius 3 is 3.11 bits per heavy atom. The normalized spacial score (nSPS) is 10.3. The molecule has 0 fully saturated rings. The van der Waals surface area contributed by atoms with Crippen molar-refractivity contribution < 1.29 is 14.1 Å². The maximum Gasteiger partial charge on any atom is 0.293 e. The molecule has 0 N–H and O–H groups in total. The first-order valence-corrected chi connectivity index (χ1v) is 6.61. The van der Waals surface area contributed by atoms with Crippen LogP contribution in [0.3, 0.4) is 0 Å². The second-order valence-corrected chi connectivity index (χ2v) is 4.84. The molecule has 0 aliphatic carbocycles. The Hall–Kier alpha value is -1.75. The van der Waals surface area contributed by atoms with Crippen LogP contribution in [-0.4, -0.2) is 18.1 Å². The fraction of sp³-hybridized carbons (Fsp3) is 0.308. The van der Waals surface area contributed by atoms with Gasteiger partial charge in [0.15, 0.2) is 12.2 Å².